The maximum absolute atomic E-state index is 13.3. The van der Waals surface area contributed by atoms with Gasteiger partial charge in [0, 0.05) is 21.0 Å². The molecule has 1 aliphatic rings. The molecule has 0 aliphatic carbocycles. The van der Waals surface area contributed by atoms with Crippen LogP contribution < -0.4 is 10.3 Å². The fourth-order valence-electron chi connectivity index (χ4n) is 3.69. The van der Waals surface area contributed by atoms with Crippen molar-refractivity contribution in [3.63, 3.8) is 0 Å². The van der Waals surface area contributed by atoms with Crippen molar-refractivity contribution in [3.05, 3.63) is 80.9 Å². The van der Waals surface area contributed by atoms with Crippen molar-refractivity contribution in [2.45, 2.75) is 20.1 Å². The fourth-order valence-corrected chi connectivity index (χ4v) is 5.10. The molecular formula is C22H17ClN2O3S. The van der Waals surface area contributed by atoms with E-state index in [0.717, 1.165) is 37.7 Å². The predicted octanol–water partition coefficient (Wildman–Crippen LogP) is 5.00. The molecule has 0 atom stereocenters. The molecule has 7 heteroatoms. The van der Waals surface area contributed by atoms with Crippen LogP contribution in [0.5, 0.6) is 5.75 Å². The number of benzene rings is 2. The normalized spacial score (nSPS) is 13.3. The number of aryl methyl sites for hydroxylation is 1. The van der Waals surface area contributed by atoms with Crippen molar-refractivity contribution in [1.29, 1.82) is 0 Å². The monoisotopic (exact) mass is 424 g/mol. The van der Waals surface area contributed by atoms with Crippen molar-refractivity contribution in [3.8, 4) is 16.2 Å². The maximum atomic E-state index is 13.3. The van der Waals surface area contributed by atoms with Crippen LogP contribution in [0, 0.1) is 6.92 Å². The Morgan fingerprint density at radius 3 is 2.90 bits per heavy atom. The Kier molecular flexibility index (Phi) is 4.62. The number of halogens is 1. The second-order valence-corrected chi connectivity index (χ2v) is 8.38. The third-order valence-corrected chi connectivity index (χ3v) is 6.51. The Hall–Kier alpha value is -2.67. The SMILES string of the molecule is Cc1c(-c2ccccc2)sc2ncn(Cc3cc(Cl)cc4c3OCOC4)c(=O)c12. The van der Waals surface area contributed by atoms with Gasteiger partial charge in [0.05, 0.1) is 24.9 Å². The summed E-state index contributed by atoms with van der Waals surface area (Å²) in [6, 6.07) is 13.7. The van der Waals surface area contributed by atoms with E-state index in [0.29, 0.717) is 23.6 Å². The van der Waals surface area contributed by atoms with Crippen molar-refractivity contribution >= 4 is 33.2 Å². The van der Waals surface area contributed by atoms with Crippen LogP contribution in [-0.4, -0.2) is 16.3 Å². The van der Waals surface area contributed by atoms with Gasteiger partial charge in [0.25, 0.3) is 5.56 Å². The van der Waals surface area contributed by atoms with Crippen LogP contribution in [-0.2, 0) is 17.9 Å². The highest BCUT2D eigenvalue weighted by atomic mass is 35.5. The zero-order valence-corrected chi connectivity index (χ0v) is 17.2. The van der Waals surface area contributed by atoms with Crippen molar-refractivity contribution in [2.24, 2.45) is 0 Å². The minimum absolute atomic E-state index is 0.0632. The Bertz CT molecular complexity index is 1280. The van der Waals surface area contributed by atoms with E-state index in [1.807, 2.05) is 49.4 Å². The fraction of sp³-hybridized carbons (Fsp3) is 0.182. The lowest BCUT2D eigenvalue weighted by Crippen LogP contribution is -2.22. The van der Waals surface area contributed by atoms with Crippen LogP contribution in [0.25, 0.3) is 20.7 Å². The molecule has 2 aromatic carbocycles. The number of nitrogens with zero attached hydrogens (tertiary/aromatic N) is 2. The number of rotatable bonds is 3. The molecule has 0 saturated heterocycles. The first kappa shape index (κ1) is 18.4. The van der Waals surface area contributed by atoms with Gasteiger partial charge >= 0.3 is 0 Å². The average Bonchev–Trinajstić information content (AvgIpc) is 3.08. The topological polar surface area (TPSA) is 53.4 Å². The zero-order valence-electron chi connectivity index (χ0n) is 15.6. The summed E-state index contributed by atoms with van der Waals surface area (Å²) >= 11 is 7.81. The van der Waals surface area contributed by atoms with Crippen molar-refractivity contribution in [2.75, 3.05) is 6.79 Å². The molecule has 5 rings (SSSR count). The molecule has 0 N–H and O–H groups in total. The van der Waals surface area contributed by atoms with Crippen LogP contribution in [0.15, 0.2) is 53.6 Å². The summed E-state index contributed by atoms with van der Waals surface area (Å²) in [5, 5.41) is 1.25. The van der Waals surface area contributed by atoms with E-state index in [2.05, 4.69) is 4.98 Å². The molecule has 0 unspecified atom stereocenters. The van der Waals surface area contributed by atoms with E-state index in [1.54, 1.807) is 22.2 Å². The zero-order chi connectivity index (χ0) is 20.0. The lowest BCUT2D eigenvalue weighted by molar-refractivity contribution is -0.0170. The second kappa shape index (κ2) is 7.30. The van der Waals surface area contributed by atoms with Gasteiger partial charge in [-0.1, -0.05) is 41.9 Å². The quantitative estimate of drug-likeness (QED) is 0.464. The number of thiophene rings is 1. The van der Waals surface area contributed by atoms with Gasteiger partial charge in [-0.05, 0) is 30.2 Å². The van der Waals surface area contributed by atoms with Crippen LogP contribution in [0.1, 0.15) is 16.7 Å². The largest absolute Gasteiger partial charge is 0.467 e. The first-order chi connectivity index (χ1) is 14.1. The van der Waals surface area contributed by atoms with Crippen LogP contribution in [0.2, 0.25) is 5.02 Å². The highest BCUT2D eigenvalue weighted by molar-refractivity contribution is 7.22. The Morgan fingerprint density at radius 2 is 2.07 bits per heavy atom. The second-order valence-electron chi connectivity index (χ2n) is 6.94. The van der Waals surface area contributed by atoms with E-state index in [1.165, 1.54) is 0 Å². The van der Waals surface area contributed by atoms with Crippen molar-refractivity contribution in [1.82, 2.24) is 9.55 Å². The van der Waals surface area contributed by atoms with Gasteiger partial charge in [-0.25, -0.2) is 4.98 Å². The summed E-state index contributed by atoms with van der Waals surface area (Å²) in [4.78, 5) is 19.7. The molecule has 0 saturated carbocycles. The van der Waals surface area contributed by atoms with Crippen LogP contribution in [0.3, 0.4) is 0 Å². The van der Waals surface area contributed by atoms with E-state index in [-0.39, 0.29) is 12.4 Å². The molecule has 146 valence electrons. The molecule has 5 nitrogen and oxygen atoms in total. The molecule has 2 aromatic heterocycles. The lowest BCUT2D eigenvalue weighted by Gasteiger charge is -2.21. The Balaban J connectivity index is 1.61. The van der Waals surface area contributed by atoms with Gasteiger partial charge in [-0.3, -0.25) is 9.36 Å². The number of hydrogen-bond acceptors (Lipinski definition) is 5. The van der Waals surface area contributed by atoms with Crippen molar-refractivity contribution < 1.29 is 9.47 Å². The third kappa shape index (κ3) is 3.23. The van der Waals surface area contributed by atoms with Gasteiger partial charge in [-0.15, -0.1) is 11.3 Å². The Labute approximate surface area is 176 Å². The number of aromatic nitrogens is 2. The minimum Gasteiger partial charge on any atom is -0.467 e. The van der Waals surface area contributed by atoms with Gasteiger partial charge in [0.15, 0.2) is 6.79 Å². The molecule has 0 amide bonds. The number of hydrogen-bond donors (Lipinski definition) is 0. The summed E-state index contributed by atoms with van der Waals surface area (Å²) in [6.07, 6.45) is 1.60. The minimum atomic E-state index is -0.0632. The molecule has 1 aliphatic heterocycles. The molecule has 0 radical (unpaired) electrons. The van der Waals surface area contributed by atoms with Gasteiger partial charge in [-0.2, -0.15) is 0 Å². The van der Waals surface area contributed by atoms with Gasteiger partial charge in [0.1, 0.15) is 10.6 Å². The van der Waals surface area contributed by atoms with E-state index < -0.39 is 0 Å². The summed E-state index contributed by atoms with van der Waals surface area (Å²) in [7, 11) is 0. The summed E-state index contributed by atoms with van der Waals surface area (Å²) in [5.41, 5.74) is 3.72. The molecule has 0 bridgehead atoms. The van der Waals surface area contributed by atoms with E-state index >= 15 is 0 Å². The number of fused-ring (bicyclic) bond motifs is 2. The van der Waals surface area contributed by atoms with E-state index in [4.69, 9.17) is 21.1 Å². The third-order valence-electron chi connectivity index (χ3n) is 5.05. The first-order valence-corrected chi connectivity index (χ1v) is 10.4. The standard InChI is InChI=1S/C22H17ClN2O3S/c1-13-18-21(29-20(13)14-5-3-2-4-6-14)24-11-25(22(18)26)9-15-7-17(23)8-16-10-27-12-28-19(15)16/h2-8,11H,9-10,12H2,1H3. The van der Waals surface area contributed by atoms with Crippen LogP contribution >= 0.6 is 22.9 Å². The summed E-state index contributed by atoms with van der Waals surface area (Å²) < 4.78 is 12.6. The van der Waals surface area contributed by atoms with Crippen LogP contribution in [0.4, 0.5) is 0 Å². The average molecular weight is 425 g/mol. The van der Waals surface area contributed by atoms with Gasteiger partial charge < -0.3 is 9.47 Å². The smallest absolute Gasteiger partial charge is 0.262 e. The maximum Gasteiger partial charge on any atom is 0.262 e. The molecule has 0 fully saturated rings. The highest BCUT2D eigenvalue weighted by Crippen LogP contribution is 2.36. The van der Waals surface area contributed by atoms with E-state index in [9.17, 15) is 4.79 Å². The number of ether oxygens (including phenoxy) is 2. The molecule has 29 heavy (non-hydrogen) atoms. The molecular weight excluding hydrogens is 408 g/mol. The predicted molar refractivity (Wildman–Crippen MR) is 115 cm³/mol. The first-order valence-electron chi connectivity index (χ1n) is 9.17. The summed E-state index contributed by atoms with van der Waals surface area (Å²) in [6.45, 7) is 2.95. The molecule has 4 aromatic rings. The summed E-state index contributed by atoms with van der Waals surface area (Å²) in [5.74, 6) is 0.736. The lowest BCUT2D eigenvalue weighted by atomic mass is 10.1. The Morgan fingerprint density at radius 1 is 1.24 bits per heavy atom. The highest BCUT2D eigenvalue weighted by Gasteiger charge is 2.19. The molecule has 0 spiro atoms. The molecule has 3 heterocycles. The van der Waals surface area contributed by atoms with Gasteiger partial charge in [0.2, 0.25) is 0 Å².